The molecule has 8 nitrogen and oxygen atoms in total. The fourth-order valence-corrected chi connectivity index (χ4v) is 4.29. The second kappa shape index (κ2) is 8.50. The second-order valence-corrected chi connectivity index (χ2v) is 7.84. The van der Waals surface area contributed by atoms with Crippen LogP contribution in [0.15, 0.2) is 52.3 Å². The first-order valence-electron chi connectivity index (χ1n) is 8.91. The van der Waals surface area contributed by atoms with Crippen molar-refractivity contribution in [1.29, 1.82) is 0 Å². The highest BCUT2D eigenvalue weighted by molar-refractivity contribution is 7.19. The number of nitrogens with zero attached hydrogens (tertiary/aromatic N) is 4. The minimum atomic E-state index is -0.690. The molecular formula is C19H17N5O3S2. The standard InChI is InChI=1S/C19H17N5O3S2/c1-2-27-18(26)14-10-15(24(23-14)13-6-4-3-5-7-13)16(25)20-19-22-21-17(29-19)12-8-9-28-11-12/h3-9,11,15H,2,10H2,1H3,(H,20,22,25). The molecule has 148 valence electrons. The predicted molar refractivity (Wildman–Crippen MR) is 113 cm³/mol. The maximum Gasteiger partial charge on any atom is 0.354 e. The van der Waals surface area contributed by atoms with E-state index in [-0.39, 0.29) is 24.6 Å². The Morgan fingerprint density at radius 3 is 2.79 bits per heavy atom. The van der Waals surface area contributed by atoms with Gasteiger partial charge in [0.05, 0.1) is 12.3 Å². The molecule has 0 spiro atoms. The molecule has 1 amide bonds. The van der Waals surface area contributed by atoms with Crippen molar-refractivity contribution in [1.82, 2.24) is 10.2 Å². The first-order chi connectivity index (χ1) is 14.2. The topological polar surface area (TPSA) is 96.8 Å². The van der Waals surface area contributed by atoms with Gasteiger partial charge in [-0.25, -0.2) is 4.79 Å². The molecule has 0 fully saturated rings. The fraction of sp³-hybridized carbons (Fsp3) is 0.211. The quantitative estimate of drug-likeness (QED) is 0.606. The van der Waals surface area contributed by atoms with E-state index in [1.54, 1.807) is 23.3 Å². The Balaban J connectivity index is 1.54. The molecule has 2 aromatic heterocycles. The third kappa shape index (κ3) is 4.17. The van der Waals surface area contributed by atoms with Crippen LogP contribution in [0.1, 0.15) is 13.3 Å². The van der Waals surface area contributed by atoms with Crippen molar-refractivity contribution in [3.63, 3.8) is 0 Å². The molecule has 0 saturated carbocycles. The molecule has 1 N–H and O–H groups in total. The van der Waals surface area contributed by atoms with E-state index in [0.29, 0.717) is 10.8 Å². The van der Waals surface area contributed by atoms with Crippen LogP contribution in [-0.4, -0.2) is 40.4 Å². The van der Waals surface area contributed by atoms with Crippen LogP contribution in [0, 0.1) is 0 Å². The molecule has 1 aliphatic rings. The lowest BCUT2D eigenvalue weighted by atomic mass is 10.1. The summed E-state index contributed by atoms with van der Waals surface area (Å²) in [6.45, 7) is 1.98. The number of anilines is 2. The average molecular weight is 428 g/mol. The molecule has 1 aromatic carbocycles. The Hall–Kier alpha value is -3.11. The number of thiophene rings is 1. The fourth-order valence-electron chi connectivity index (χ4n) is 2.84. The van der Waals surface area contributed by atoms with Gasteiger partial charge in [0.1, 0.15) is 16.8 Å². The smallest absolute Gasteiger partial charge is 0.354 e. The lowest BCUT2D eigenvalue weighted by Crippen LogP contribution is -2.38. The molecule has 0 bridgehead atoms. The molecular weight excluding hydrogens is 410 g/mol. The molecule has 0 aliphatic carbocycles. The van der Waals surface area contributed by atoms with Gasteiger partial charge in [0, 0.05) is 17.4 Å². The van der Waals surface area contributed by atoms with Crippen LogP contribution in [0.2, 0.25) is 0 Å². The summed E-state index contributed by atoms with van der Waals surface area (Å²) in [5.74, 6) is -0.829. The number of aromatic nitrogens is 2. The van der Waals surface area contributed by atoms with Gasteiger partial charge in [-0.1, -0.05) is 29.5 Å². The van der Waals surface area contributed by atoms with E-state index in [9.17, 15) is 9.59 Å². The van der Waals surface area contributed by atoms with E-state index in [1.165, 1.54) is 11.3 Å². The Labute approximate surface area is 174 Å². The van der Waals surface area contributed by atoms with Gasteiger partial charge in [-0.05, 0) is 30.5 Å². The third-order valence-electron chi connectivity index (χ3n) is 4.17. The number of carbonyl (C=O) groups is 2. The minimum absolute atomic E-state index is 0.149. The number of nitrogens with one attached hydrogen (secondary N) is 1. The number of amides is 1. The van der Waals surface area contributed by atoms with Crippen molar-refractivity contribution in [2.75, 3.05) is 16.9 Å². The summed E-state index contributed by atoms with van der Waals surface area (Å²) < 4.78 is 5.05. The van der Waals surface area contributed by atoms with Crippen LogP contribution in [0.25, 0.3) is 10.6 Å². The van der Waals surface area contributed by atoms with E-state index in [2.05, 4.69) is 20.6 Å². The zero-order valence-corrected chi connectivity index (χ0v) is 17.1. The van der Waals surface area contributed by atoms with Crippen molar-refractivity contribution in [2.45, 2.75) is 19.4 Å². The van der Waals surface area contributed by atoms with Gasteiger partial charge in [-0.15, -0.1) is 10.2 Å². The van der Waals surface area contributed by atoms with Crippen LogP contribution in [0.3, 0.4) is 0 Å². The van der Waals surface area contributed by atoms with Gasteiger partial charge in [0.2, 0.25) is 5.13 Å². The second-order valence-electron chi connectivity index (χ2n) is 6.08. The molecule has 3 aromatic rings. The number of benzene rings is 1. The Bertz CT molecular complexity index is 1030. The minimum Gasteiger partial charge on any atom is -0.461 e. The maximum absolute atomic E-state index is 13.0. The lowest BCUT2D eigenvalue weighted by molar-refractivity contribution is -0.135. The molecule has 0 saturated heterocycles. The third-order valence-corrected chi connectivity index (χ3v) is 5.74. The number of rotatable bonds is 6. The van der Waals surface area contributed by atoms with Gasteiger partial charge in [0.25, 0.3) is 5.91 Å². The highest BCUT2D eigenvalue weighted by atomic mass is 32.1. The highest BCUT2D eigenvalue weighted by Crippen LogP contribution is 2.29. The summed E-state index contributed by atoms with van der Waals surface area (Å²) in [4.78, 5) is 25.1. The molecule has 3 heterocycles. The van der Waals surface area contributed by atoms with E-state index in [4.69, 9.17) is 4.74 Å². The van der Waals surface area contributed by atoms with Crippen LogP contribution in [0.5, 0.6) is 0 Å². The SMILES string of the molecule is CCOC(=O)C1=NN(c2ccccc2)C(C(=O)Nc2nnc(-c3ccsc3)s2)C1. The average Bonchev–Trinajstić information content (AvgIpc) is 3.48. The number of hydrogen-bond acceptors (Lipinski definition) is 9. The van der Waals surface area contributed by atoms with Gasteiger partial charge in [-0.3, -0.25) is 15.1 Å². The van der Waals surface area contributed by atoms with Crippen molar-refractivity contribution in [2.24, 2.45) is 5.10 Å². The van der Waals surface area contributed by atoms with E-state index in [1.807, 2.05) is 47.2 Å². The van der Waals surface area contributed by atoms with Crippen molar-refractivity contribution >= 4 is 51.1 Å². The number of hydrogen-bond donors (Lipinski definition) is 1. The zero-order chi connectivity index (χ0) is 20.2. The largest absolute Gasteiger partial charge is 0.461 e. The number of carbonyl (C=O) groups excluding carboxylic acids is 2. The van der Waals surface area contributed by atoms with E-state index in [0.717, 1.165) is 10.6 Å². The zero-order valence-electron chi connectivity index (χ0n) is 15.4. The summed E-state index contributed by atoms with van der Waals surface area (Å²) in [5.41, 5.74) is 1.89. The molecule has 1 unspecified atom stereocenters. The summed E-state index contributed by atoms with van der Waals surface area (Å²) in [5, 5.41) is 21.9. The molecule has 0 radical (unpaired) electrons. The summed E-state index contributed by atoms with van der Waals surface area (Å²) >= 11 is 2.86. The Kier molecular flexibility index (Phi) is 5.63. The van der Waals surface area contributed by atoms with Crippen LogP contribution in [0.4, 0.5) is 10.8 Å². The Morgan fingerprint density at radius 1 is 1.24 bits per heavy atom. The maximum atomic E-state index is 13.0. The van der Waals surface area contributed by atoms with Crippen LogP contribution >= 0.6 is 22.7 Å². The first-order valence-corrected chi connectivity index (χ1v) is 10.7. The van der Waals surface area contributed by atoms with Crippen molar-refractivity contribution in [3.8, 4) is 10.6 Å². The summed E-state index contributed by atoms with van der Waals surface area (Å²) in [7, 11) is 0. The summed E-state index contributed by atoms with van der Waals surface area (Å²) in [6, 6.07) is 10.5. The van der Waals surface area contributed by atoms with Crippen LogP contribution < -0.4 is 10.3 Å². The molecule has 1 aliphatic heterocycles. The predicted octanol–water partition coefficient (Wildman–Crippen LogP) is 3.40. The van der Waals surface area contributed by atoms with E-state index >= 15 is 0 Å². The van der Waals surface area contributed by atoms with Crippen molar-refractivity contribution < 1.29 is 14.3 Å². The van der Waals surface area contributed by atoms with Crippen molar-refractivity contribution in [3.05, 3.63) is 47.2 Å². The summed E-state index contributed by atoms with van der Waals surface area (Å²) in [6.07, 6.45) is 0.149. The monoisotopic (exact) mass is 427 g/mol. The van der Waals surface area contributed by atoms with E-state index < -0.39 is 12.0 Å². The van der Waals surface area contributed by atoms with Gasteiger partial charge in [0.15, 0.2) is 0 Å². The first kappa shape index (κ1) is 19.2. The van der Waals surface area contributed by atoms with Gasteiger partial charge in [-0.2, -0.15) is 16.4 Å². The van der Waals surface area contributed by atoms with Gasteiger partial charge >= 0.3 is 5.97 Å². The Morgan fingerprint density at radius 2 is 2.07 bits per heavy atom. The number of hydrazone groups is 1. The normalized spacial score (nSPS) is 15.8. The molecule has 29 heavy (non-hydrogen) atoms. The number of para-hydroxylation sites is 1. The van der Waals surface area contributed by atoms with Crippen LogP contribution in [-0.2, 0) is 14.3 Å². The number of ether oxygens (including phenoxy) is 1. The molecule has 1 atom stereocenters. The van der Waals surface area contributed by atoms with Gasteiger partial charge < -0.3 is 4.74 Å². The lowest BCUT2D eigenvalue weighted by Gasteiger charge is -2.22. The highest BCUT2D eigenvalue weighted by Gasteiger charge is 2.37. The molecule has 4 rings (SSSR count). The molecule has 10 heteroatoms. The number of esters is 1.